The van der Waals surface area contributed by atoms with E-state index in [2.05, 4.69) is 28.1 Å². The van der Waals surface area contributed by atoms with Crippen molar-refractivity contribution >= 4 is 72.7 Å². The Morgan fingerprint density at radius 3 is 1.77 bits per heavy atom. The molecule has 2 heterocycles. The third-order valence-electron chi connectivity index (χ3n) is 9.38. The van der Waals surface area contributed by atoms with Crippen molar-refractivity contribution < 1.29 is 19.0 Å². The van der Waals surface area contributed by atoms with Crippen molar-refractivity contribution in [3.63, 3.8) is 0 Å². The number of hydrogen-bond acceptors (Lipinski definition) is 9. The molecule has 0 saturated carbocycles. The van der Waals surface area contributed by atoms with Gasteiger partial charge in [0.2, 0.25) is 0 Å². The van der Waals surface area contributed by atoms with Gasteiger partial charge >= 0.3 is 6.09 Å². The normalized spacial score (nSPS) is 14.2. The molecule has 0 bridgehead atoms. The molecular weight excluding hydrogens is 833 g/mol. The van der Waals surface area contributed by atoms with Gasteiger partial charge in [0, 0.05) is 56.0 Å². The highest BCUT2D eigenvalue weighted by Crippen LogP contribution is 2.23. The molecule has 0 unspecified atom stereocenters. The predicted molar refractivity (Wildman–Crippen MR) is 256 cm³/mol. The van der Waals surface area contributed by atoms with Gasteiger partial charge in [0.05, 0.1) is 11.6 Å². The first-order valence-electron chi connectivity index (χ1n) is 20.0. The van der Waals surface area contributed by atoms with Crippen LogP contribution < -0.4 is 31.2 Å². The number of amides is 1. The molecule has 14 heteroatoms. The number of carbonyl (C=O) groups is 1. The minimum atomic E-state index is -0.474. The monoisotopic (exact) mass is 891 g/mol. The molecular formula is C47H60Cl3N7O4. The number of hydrogen-bond donors (Lipinski definition) is 5. The number of piperidine rings is 2. The first kappa shape index (κ1) is 51.8. The number of halogens is 3. The van der Waals surface area contributed by atoms with Crippen LogP contribution in [0.1, 0.15) is 68.7 Å². The first-order valence-corrected chi connectivity index (χ1v) is 20.0. The molecule has 6 rings (SSSR count). The van der Waals surface area contributed by atoms with Crippen LogP contribution in [0.25, 0.3) is 12.2 Å². The van der Waals surface area contributed by atoms with Crippen LogP contribution in [0, 0.1) is 16.7 Å². The molecule has 2 aliphatic rings. The lowest BCUT2D eigenvalue weighted by atomic mass is 10.1. The van der Waals surface area contributed by atoms with Gasteiger partial charge in [-0.1, -0.05) is 54.6 Å². The van der Waals surface area contributed by atoms with Gasteiger partial charge in [-0.3, -0.25) is 5.41 Å². The zero-order valence-corrected chi connectivity index (χ0v) is 37.6. The van der Waals surface area contributed by atoms with Crippen LogP contribution in [-0.2, 0) is 4.74 Å². The molecule has 1 amide bonds. The fourth-order valence-corrected chi connectivity index (χ4v) is 6.35. The molecule has 2 aliphatic heterocycles. The van der Waals surface area contributed by atoms with E-state index in [9.17, 15) is 4.79 Å². The third kappa shape index (κ3) is 18.8. The number of rotatable bonds is 13. The maximum absolute atomic E-state index is 12.2. The van der Waals surface area contributed by atoms with E-state index in [1.165, 1.54) is 0 Å². The Morgan fingerprint density at radius 2 is 1.28 bits per heavy atom. The van der Waals surface area contributed by atoms with Gasteiger partial charge in [0.1, 0.15) is 35.1 Å². The highest BCUT2D eigenvalue weighted by atomic mass is 35.5. The summed E-state index contributed by atoms with van der Waals surface area (Å²) in [7, 11) is 0. The van der Waals surface area contributed by atoms with Crippen molar-refractivity contribution in [3.8, 4) is 17.6 Å². The highest BCUT2D eigenvalue weighted by molar-refractivity contribution is 5.95. The minimum absolute atomic E-state index is 0. The zero-order valence-electron chi connectivity index (χ0n) is 35.1. The van der Waals surface area contributed by atoms with E-state index < -0.39 is 5.60 Å². The third-order valence-corrected chi connectivity index (χ3v) is 9.38. The van der Waals surface area contributed by atoms with Crippen LogP contribution in [0.4, 0.5) is 16.2 Å². The van der Waals surface area contributed by atoms with Crippen LogP contribution in [0.5, 0.6) is 11.5 Å². The molecule has 6 N–H and O–H groups in total. The van der Waals surface area contributed by atoms with Crippen molar-refractivity contribution in [2.24, 2.45) is 5.73 Å². The van der Waals surface area contributed by atoms with Crippen molar-refractivity contribution in [1.29, 1.82) is 10.7 Å². The number of ether oxygens (including phenoxy) is 3. The summed E-state index contributed by atoms with van der Waals surface area (Å²) in [5.74, 6) is 1.85. The van der Waals surface area contributed by atoms with Crippen LogP contribution >= 0.6 is 37.2 Å². The van der Waals surface area contributed by atoms with Gasteiger partial charge in [-0.25, -0.2) is 4.79 Å². The molecule has 0 radical (unpaired) electrons. The van der Waals surface area contributed by atoms with Gasteiger partial charge in [0.25, 0.3) is 0 Å². The number of anilines is 2. The number of amidine groups is 1. The van der Waals surface area contributed by atoms with Gasteiger partial charge in [-0.2, -0.15) is 5.26 Å². The number of benzene rings is 4. The lowest BCUT2D eigenvalue weighted by molar-refractivity contribution is 0.0126. The summed E-state index contributed by atoms with van der Waals surface area (Å²) in [5, 5.41) is 26.5. The van der Waals surface area contributed by atoms with E-state index in [0.717, 1.165) is 84.9 Å². The fraction of sp³-hybridized carbons (Fsp3) is 0.340. The topological polar surface area (TPSA) is 158 Å². The Labute approximate surface area is 379 Å². The minimum Gasteiger partial charge on any atom is -0.490 e. The summed E-state index contributed by atoms with van der Waals surface area (Å²) >= 11 is 0. The summed E-state index contributed by atoms with van der Waals surface area (Å²) < 4.78 is 17.6. The Kier molecular flexibility index (Phi) is 22.7. The Bertz CT molecular complexity index is 2020. The van der Waals surface area contributed by atoms with Crippen molar-refractivity contribution in [2.75, 3.05) is 49.9 Å². The summed E-state index contributed by atoms with van der Waals surface area (Å²) in [6.07, 6.45) is 12.0. The van der Waals surface area contributed by atoms with E-state index in [-0.39, 0.29) is 55.3 Å². The van der Waals surface area contributed by atoms with Crippen LogP contribution in [-0.4, -0.2) is 73.9 Å². The highest BCUT2D eigenvalue weighted by Gasteiger charge is 2.27. The zero-order chi connectivity index (χ0) is 41.2. The lowest BCUT2D eigenvalue weighted by Gasteiger charge is -2.33. The maximum Gasteiger partial charge on any atom is 0.410 e. The smallest absolute Gasteiger partial charge is 0.410 e. The largest absolute Gasteiger partial charge is 0.490 e. The summed E-state index contributed by atoms with van der Waals surface area (Å²) in [5.41, 5.74) is 10.5. The Balaban J connectivity index is 0.000000408. The molecule has 328 valence electrons. The van der Waals surface area contributed by atoms with Gasteiger partial charge in [0.15, 0.2) is 0 Å². The number of nitrogen functional groups attached to an aromatic ring is 1. The molecule has 0 spiro atoms. The molecule has 4 aromatic carbocycles. The summed E-state index contributed by atoms with van der Waals surface area (Å²) in [6.45, 7) is 10.4. The number of nitrogens with two attached hydrogens (primary N) is 1. The lowest BCUT2D eigenvalue weighted by Crippen LogP contribution is -2.44. The molecule has 61 heavy (non-hydrogen) atoms. The van der Waals surface area contributed by atoms with E-state index in [1.807, 2.05) is 130 Å². The average Bonchev–Trinajstić information content (AvgIpc) is 3.23. The quantitative estimate of drug-likeness (QED) is 0.0651. The van der Waals surface area contributed by atoms with E-state index in [1.54, 1.807) is 11.0 Å². The SMILES string of the molecule is CC(C)(C)OC(=O)N1CCC(Oc2ccc(NC/C=C/c3cccc(C#N)c3)cc2)CC1.Cl.Cl.Cl.N=C(N)c1cccc(/C=C/CNc2ccc(OC3CCNCC3)cc2)c1. The predicted octanol–water partition coefficient (Wildman–Crippen LogP) is 9.95. The average molecular weight is 893 g/mol. The number of carbonyl (C=O) groups excluding carboxylic acids is 1. The Hall–Kier alpha value is -5.38. The second-order valence-electron chi connectivity index (χ2n) is 15.2. The van der Waals surface area contributed by atoms with Crippen LogP contribution in [0.3, 0.4) is 0 Å². The molecule has 0 aromatic heterocycles. The van der Waals surface area contributed by atoms with Gasteiger partial charge in [-0.15, -0.1) is 37.2 Å². The van der Waals surface area contributed by atoms with Crippen molar-refractivity contribution in [1.82, 2.24) is 10.2 Å². The first-order chi connectivity index (χ1) is 28.0. The van der Waals surface area contributed by atoms with Gasteiger partial charge in [-0.05, 0) is 125 Å². The van der Waals surface area contributed by atoms with E-state index in [0.29, 0.717) is 31.3 Å². The summed E-state index contributed by atoms with van der Waals surface area (Å²) in [6, 6.07) is 33.3. The number of nitrogens with one attached hydrogen (secondary N) is 4. The fourth-order valence-electron chi connectivity index (χ4n) is 6.35. The Morgan fingerprint density at radius 1 is 0.787 bits per heavy atom. The number of likely N-dealkylation sites (tertiary alicyclic amines) is 1. The maximum atomic E-state index is 12.2. The second kappa shape index (κ2) is 26.7. The standard InChI is InChI=1S/C26H31N3O3.C21H26N4O.3ClH/c1-26(2,3)32-25(30)29-16-13-24(14-17-29)31-23-11-9-22(10-12-23)28-15-5-8-20-6-4-7-21(18-20)19-27;22-21(23)17-5-1-3-16(15-17)4-2-12-25-18-6-8-19(9-7-18)26-20-10-13-24-14-11-20;;;/h4-12,18,24,28H,13-17H2,1-3H3;1-9,15,20,24-25H,10-14H2,(H3,22,23);3*1H/b8-5+;4-2+;;;. The second-order valence-corrected chi connectivity index (χ2v) is 15.2. The molecule has 0 aliphatic carbocycles. The number of nitrogens with zero attached hydrogens (tertiary/aromatic N) is 2. The number of nitriles is 1. The van der Waals surface area contributed by atoms with E-state index >= 15 is 0 Å². The van der Waals surface area contributed by atoms with Crippen molar-refractivity contribution in [2.45, 2.75) is 64.3 Å². The summed E-state index contributed by atoms with van der Waals surface area (Å²) in [4.78, 5) is 13.9. The molecule has 2 saturated heterocycles. The van der Waals surface area contributed by atoms with Gasteiger partial charge < -0.3 is 40.8 Å². The van der Waals surface area contributed by atoms with E-state index in [4.69, 9.17) is 30.6 Å². The molecule has 2 fully saturated rings. The van der Waals surface area contributed by atoms with Crippen LogP contribution in [0.15, 0.2) is 109 Å². The molecule has 0 atom stereocenters. The molecule has 11 nitrogen and oxygen atoms in total. The van der Waals surface area contributed by atoms with Crippen molar-refractivity contribution in [3.05, 3.63) is 131 Å². The molecule has 4 aromatic rings. The van der Waals surface area contributed by atoms with Crippen LogP contribution in [0.2, 0.25) is 0 Å².